The van der Waals surface area contributed by atoms with Crippen LogP contribution in [0.5, 0.6) is 17.2 Å². The summed E-state index contributed by atoms with van der Waals surface area (Å²) in [7, 11) is 3.51. The maximum atomic E-state index is 5.96. The summed E-state index contributed by atoms with van der Waals surface area (Å²) in [6, 6.07) is 16.4. The van der Waals surface area contributed by atoms with Gasteiger partial charge in [-0.1, -0.05) is 36.4 Å². The van der Waals surface area contributed by atoms with Crippen molar-refractivity contribution in [1.29, 1.82) is 0 Å². The van der Waals surface area contributed by atoms with Crippen molar-refractivity contribution in [3.8, 4) is 17.2 Å². The zero-order valence-electron chi connectivity index (χ0n) is 18.2. The topological polar surface area (TPSA) is 49.3 Å². The molecule has 1 saturated heterocycles. The molecule has 2 aliphatic heterocycles. The molecule has 2 heterocycles. The molecule has 4 rings (SSSR count). The van der Waals surface area contributed by atoms with Gasteiger partial charge >= 0.3 is 0 Å². The molecule has 1 N–H and O–H groups in total. The molecule has 1 fully saturated rings. The summed E-state index contributed by atoms with van der Waals surface area (Å²) >= 11 is 0. The maximum absolute atomic E-state index is 5.96. The predicted octanol–water partition coefficient (Wildman–Crippen LogP) is 4.13. The van der Waals surface area contributed by atoms with Gasteiger partial charge < -0.3 is 19.7 Å². The number of likely N-dealkylation sites (tertiary alicyclic amines) is 1. The third-order valence-electron chi connectivity index (χ3n) is 5.71. The van der Waals surface area contributed by atoms with E-state index in [1.165, 1.54) is 12.0 Å². The van der Waals surface area contributed by atoms with Gasteiger partial charge in [0.05, 0.1) is 7.11 Å². The number of hydrogen-bond acceptors (Lipinski definition) is 4. The first-order chi connectivity index (χ1) is 14.8. The third-order valence-corrected chi connectivity index (χ3v) is 5.71. The first-order valence-electron chi connectivity index (χ1n) is 10.5. The molecule has 1 atom stereocenters. The average Bonchev–Trinajstić information content (AvgIpc) is 3.48. The van der Waals surface area contributed by atoms with Crippen molar-refractivity contribution in [2.45, 2.75) is 19.0 Å². The van der Waals surface area contributed by atoms with Crippen molar-refractivity contribution in [2.75, 3.05) is 40.3 Å². The fourth-order valence-electron chi connectivity index (χ4n) is 4.04. The lowest BCUT2D eigenvalue weighted by Crippen LogP contribution is -2.42. The van der Waals surface area contributed by atoms with Crippen LogP contribution in [0.3, 0.4) is 0 Å². The molecule has 0 bridgehead atoms. The first kappa shape index (κ1) is 23.4. The Bertz CT molecular complexity index is 893. The molecule has 0 saturated carbocycles. The van der Waals surface area contributed by atoms with Crippen LogP contribution in [-0.4, -0.2) is 62.1 Å². The van der Waals surface area contributed by atoms with Crippen molar-refractivity contribution in [3.05, 3.63) is 66.2 Å². The van der Waals surface area contributed by atoms with Crippen molar-refractivity contribution in [2.24, 2.45) is 4.99 Å². The number of ether oxygens (including phenoxy) is 2. The fourth-order valence-corrected chi connectivity index (χ4v) is 4.04. The Balaban J connectivity index is 0.00000272. The number of halogens is 1. The Kier molecular flexibility index (Phi) is 8.60. The molecule has 2 aromatic carbocycles. The highest BCUT2D eigenvalue weighted by molar-refractivity contribution is 14.0. The molecule has 0 aliphatic carbocycles. The zero-order chi connectivity index (χ0) is 20.8. The number of benzene rings is 2. The molecule has 2 aromatic rings. The summed E-state index contributed by atoms with van der Waals surface area (Å²) in [6.45, 7) is 4.97. The molecule has 0 radical (unpaired) electrons. The molecule has 7 heteroatoms. The second kappa shape index (κ2) is 11.4. The highest BCUT2D eigenvalue weighted by Gasteiger charge is 2.29. The van der Waals surface area contributed by atoms with Gasteiger partial charge in [-0.25, -0.2) is 0 Å². The van der Waals surface area contributed by atoms with Crippen molar-refractivity contribution in [1.82, 2.24) is 15.1 Å². The van der Waals surface area contributed by atoms with Gasteiger partial charge in [0.25, 0.3) is 0 Å². The molecule has 31 heavy (non-hydrogen) atoms. The summed E-state index contributed by atoms with van der Waals surface area (Å²) < 4.78 is 11.3. The monoisotopic (exact) mass is 534 g/mol. The molecule has 0 spiro atoms. The van der Waals surface area contributed by atoms with E-state index in [1.807, 2.05) is 43.4 Å². The van der Waals surface area contributed by atoms with Crippen LogP contribution in [0.1, 0.15) is 12.0 Å². The van der Waals surface area contributed by atoms with Crippen LogP contribution in [0.2, 0.25) is 0 Å². The van der Waals surface area contributed by atoms with Crippen molar-refractivity contribution < 1.29 is 9.47 Å². The van der Waals surface area contributed by atoms with Gasteiger partial charge in [-0.2, -0.15) is 0 Å². The number of hydrogen-bond donors (Lipinski definition) is 1. The van der Waals surface area contributed by atoms with Gasteiger partial charge in [0, 0.05) is 45.8 Å². The van der Waals surface area contributed by atoms with Gasteiger partial charge in [-0.05, 0) is 36.2 Å². The van der Waals surface area contributed by atoms with E-state index in [2.05, 4.69) is 44.4 Å². The second-order valence-corrected chi connectivity index (χ2v) is 7.61. The van der Waals surface area contributed by atoms with Crippen LogP contribution in [0.4, 0.5) is 0 Å². The number of aliphatic imine (C=N–C) groups is 1. The Morgan fingerprint density at radius 2 is 1.77 bits per heavy atom. The summed E-state index contributed by atoms with van der Waals surface area (Å²) in [5, 5.41) is 3.51. The summed E-state index contributed by atoms with van der Waals surface area (Å²) in [5.41, 5.74) is 1.18. The molecule has 166 valence electrons. The average molecular weight is 534 g/mol. The minimum atomic E-state index is 0. The van der Waals surface area contributed by atoms with E-state index in [1.54, 1.807) is 7.11 Å². The lowest BCUT2D eigenvalue weighted by atomic mass is 10.2. The SMILES string of the molecule is CN=C(NCc1ccc(Oc2ccccc2OC)cc1)N1CCC(N2CC=CC2)C1.I. The Hall–Kier alpha value is -2.26. The number of nitrogens with zero attached hydrogens (tertiary/aromatic N) is 3. The van der Waals surface area contributed by atoms with E-state index in [0.29, 0.717) is 11.8 Å². The van der Waals surface area contributed by atoms with E-state index < -0.39 is 0 Å². The molecule has 1 unspecified atom stereocenters. The van der Waals surface area contributed by atoms with E-state index in [0.717, 1.165) is 50.2 Å². The standard InChI is InChI=1S/C24H30N4O2.HI/c1-25-24(28-16-13-20(18-28)27-14-5-6-15-27)26-17-19-9-11-21(12-10-19)30-23-8-4-3-7-22(23)29-2;/h3-12,20H,13-18H2,1-2H3,(H,25,26);1H. The Morgan fingerprint density at radius 1 is 1.06 bits per heavy atom. The number of nitrogens with one attached hydrogen (secondary N) is 1. The highest BCUT2D eigenvalue weighted by Crippen LogP contribution is 2.30. The summed E-state index contributed by atoms with van der Waals surface area (Å²) in [4.78, 5) is 9.40. The molecular weight excluding hydrogens is 503 g/mol. The van der Waals surface area contributed by atoms with Gasteiger partial charge in [0.2, 0.25) is 0 Å². The lowest BCUT2D eigenvalue weighted by molar-refractivity contribution is 0.259. The number of guanidine groups is 1. The molecule has 2 aliphatic rings. The predicted molar refractivity (Wildman–Crippen MR) is 136 cm³/mol. The van der Waals surface area contributed by atoms with Crippen LogP contribution in [0.25, 0.3) is 0 Å². The van der Waals surface area contributed by atoms with E-state index in [9.17, 15) is 0 Å². The van der Waals surface area contributed by atoms with Gasteiger partial charge in [-0.3, -0.25) is 9.89 Å². The van der Waals surface area contributed by atoms with Gasteiger partial charge in [0.1, 0.15) is 5.75 Å². The number of methoxy groups -OCH3 is 1. The van der Waals surface area contributed by atoms with Crippen molar-refractivity contribution >= 4 is 29.9 Å². The minimum Gasteiger partial charge on any atom is -0.493 e. The van der Waals surface area contributed by atoms with E-state index >= 15 is 0 Å². The van der Waals surface area contributed by atoms with Gasteiger partial charge in [0.15, 0.2) is 17.5 Å². The first-order valence-corrected chi connectivity index (χ1v) is 10.5. The zero-order valence-corrected chi connectivity index (χ0v) is 20.5. The van der Waals surface area contributed by atoms with Crippen LogP contribution in [-0.2, 0) is 6.54 Å². The molecule has 0 aromatic heterocycles. The Morgan fingerprint density at radius 3 is 2.45 bits per heavy atom. The largest absolute Gasteiger partial charge is 0.493 e. The van der Waals surface area contributed by atoms with Crippen LogP contribution >= 0.6 is 24.0 Å². The number of para-hydroxylation sites is 2. The van der Waals surface area contributed by atoms with Crippen LogP contribution in [0.15, 0.2) is 65.7 Å². The van der Waals surface area contributed by atoms with E-state index in [-0.39, 0.29) is 24.0 Å². The quantitative estimate of drug-likeness (QED) is 0.262. The third kappa shape index (κ3) is 5.92. The second-order valence-electron chi connectivity index (χ2n) is 7.61. The maximum Gasteiger partial charge on any atom is 0.193 e. The molecule has 6 nitrogen and oxygen atoms in total. The fraction of sp³-hybridized carbons (Fsp3) is 0.375. The highest BCUT2D eigenvalue weighted by atomic mass is 127. The Labute approximate surface area is 202 Å². The normalized spacial score (nSPS) is 18.7. The van der Waals surface area contributed by atoms with Gasteiger partial charge in [-0.15, -0.1) is 24.0 Å². The van der Waals surface area contributed by atoms with E-state index in [4.69, 9.17) is 9.47 Å². The molecular formula is C24H31IN4O2. The summed E-state index contributed by atoms with van der Waals surface area (Å²) in [5.74, 6) is 3.19. The minimum absolute atomic E-state index is 0. The van der Waals surface area contributed by atoms with Crippen molar-refractivity contribution in [3.63, 3.8) is 0 Å². The van der Waals surface area contributed by atoms with Crippen LogP contribution in [0, 0.1) is 0 Å². The summed E-state index contributed by atoms with van der Waals surface area (Å²) in [6.07, 6.45) is 5.71. The smallest absolute Gasteiger partial charge is 0.193 e. The molecule has 0 amide bonds. The lowest BCUT2D eigenvalue weighted by Gasteiger charge is -2.25. The van der Waals surface area contributed by atoms with Crippen LogP contribution < -0.4 is 14.8 Å². The number of rotatable bonds is 6.